The van der Waals surface area contributed by atoms with E-state index in [1.165, 1.54) is 5.01 Å². The molecule has 0 saturated carbocycles. The van der Waals surface area contributed by atoms with Crippen molar-refractivity contribution >= 4 is 17.3 Å². The number of carbonyl (C=O) groups excluding carboxylic acids is 1. The van der Waals surface area contributed by atoms with E-state index in [-0.39, 0.29) is 10.8 Å². The summed E-state index contributed by atoms with van der Waals surface area (Å²) in [5.41, 5.74) is 1.18. The van der Waals surface area contributed by atoms with E-state index in [4.69, 9.17) is 4.74 Å². The van der Waals surface area contributed by atoms with Crippen LogP contribution in [0.2, 0.25) is 0 Å². The Morgan fingerprint density at radius 1 is 1.00 bits per heavy atom. The van der Waals surface area contributed by atoms with Crippen molar-refractivity contribution in [3.63, 3.8) is 0 Å². The molecular formula is C25H21N3O4. The first-order valence-electron chi connectivity index (χ1n) is 10.4. The number of amides is 1. The van der Waals surface area contributed by atoms with E-state index >= 15 is 0 Å². The lowest BCUT2D eigenvalue weighted by molar-refractivity contribution is -0.486. The standard InChI is InChI=1S/C25H21N3O4/c1-17-25(24(29)28(26-17)19-12-6-3-7-13-19)21(16-27(30)31)20-14-8-9-15-22(20)32-23(25)18-10-4-2-5-11-18/h2-15,21,23H,16H2,1H3/t21-,23-,25+/m1/s1. The fourth-order valence-corrected chi connectivity index (χ4v) is 4.93. The third-order valence-corrected chi connectivity index (χ3v) is 6.33. The molecule has 2 aliphatic rings. The molecule has 3 aromatic carbocycles. The Balaban J connectivity index is 1.76. The lowest BCUT2D eigenvalue weighted by Crippen LogP contribution is -2.53. The van der Waals surface area contributed by atoms with E-state index in [2.05, 4.69) is 5.10 Å². The first kappa shape index (κ1) is 19.9. The largest absolute Gasteiger partial charge is 0.484 e. The topological polar surface area (TPSA) is 85.0 Å². The maximum Gasteiger partial charge on any atom is 0.264 e. The van der Waals surface area contributed by atoms with Crippen molar-refractivity contribution in [3.8, 4) is 5.75 Å². The summed E-state index contributed by atoms with van der Waals surface area (Å²) in [6.07, 6.45) is -0.756. The van der Waals surface area contributed by atoms with Crippen LogP contribution in [-0.4, -0.2) is 23.1 Å². The van der Waals surface area contributed by atoms with E-state index in [0.717, 1.165) is 5.56 Å². The van der Waals surface area contributed by atoms with Gasteiger partial charge < -0.3 is 4.74 Å². The second kappa shape index (κ2) is 7.60. The van der Waals surface area contributed by atoms with Crippen LogP contribution in [0, 0.1) is 15.5 Å². The summed E-state index contributed by atoms with van der Waals surface area (Å²) in [5, 5.41) is 17.8. The number of hydrogen-bond donors (Lipinski definition) is 0. The Hall–Kier alpha value is -4.00. The fourth-order valence-electron chi connectivity index (χ4n) is 4.93. The van der Waals surface area contributed by atoms with Crippen LogP contribution in [0.3, 0.4) is 0 Å². The Bertz CT molecular complexity index is 1210. The molecule has 1 spiro atoms. The number of benzene rings is 3. The summed E-state index contributed by atoms with van der Waals surface area (Å²) < 4.78 is 6.44. The normalized spacial score (nSPS) is 24.1. The monoisotopic (exact) mass is 427 g/mol. The third kappa shape index (κ3) is 2.89. The molecule has 160 valence electrons. The second-order valence-electron chi connectivity index (χ2n) is 8.02. The SMILES string of the molecule is CC1=NN(c2ccccc2)C(=O)[C@]12[C@H](C[N+](=O)[O-])c1ccccc1O[C@@H]2c1ccccc1. The zero-order valence-electron chi connectivity index (χ0n) is 17.4. The highest BCUT2D eigenvalue weighted by atomic mass is 16.6. The van der Waals surface area contributed by atoms with Crippen molar-refractivity contribution in [2.75, 3.05) is 11.6 Å². The van der Waals surface area contributed by atoms with Crippen LogP contribution in [0.4, 0.5) is 5.69 Å². The summed E-state index contributed by atoms with van der Waals surface area (Å²) >= 11 is 0. The maximum atomic E-state index is 14.2. The lowest BCUT2D eigenvalue weighted by atomic mass is 9.62. The number of rotatable bonds is 4. The van der Waals surface area contributed by atoms with Crippen molar-refractivity contribution in [2.45, 2.75) is 18.9 Å². The molecule has 32 heavy (non-hydrogen) atoms. The van der Waals surface area contributed by atoms with Crippen molar-refractivity contribution in [3.05, 3.63) is 106 Å². The second-order valence-corrected chi connectivity index (χ2v) is 8.02. The highest BCUT2D eigenvalue weighted by molar-refractivity contribution is 6.20. The number of nitro groups is 1. The first-order valence-corrected chi connectivity index (χ1v) is 10.4. The van der Waals surface area contributed by atoms with E-state index < -0.39 is 24.0 Å². The zero-order chi connectivity index (χ0) is 22.3. The van der Waals surface area contributed by atoms with E-state index in [1.54, 1.807) is 31.2 Å². The van der Waals surface area contributed by atoms with Crippen molar-refractivity contribution < 1.29 is 14.5 Å². The summed E-state index contributed by atoms with van der Waals surface area (Å²) in [6, 6.07) is 25.7. The Morgan fingerprint density at radius 2 is 1.62 bits per heavy atom. The number of carbonyl (C=O) groups is 1. The quantitative estimate of drug-likeness (QED) is 0.450. The minimum atomic E-state index is -1.35. The van der Waals surface area contributed by atoms with Gasteiger partial charge in [0, 0.05) is 10.5 Å². The van der Waals surface area contributed by atoms with Gasteiger partial charge in [0.15, 0.2) is 0 Å². The lowest BCUT2D eigenvalue weighted by Gasteiger charge is -2.45. The first-order chi connectivity index (χ1) is 15.5. The molecule has 0 aromatic heterocycles. The highest BCUT2D eigenvalue weighted by Gasteiger charge is 2.65. The zero-order valence-corrected chi connectivity index (χ0v) is 17.4. The third-order valence-electron chi connectivity index (χ3n) is 6.33. The fraction of sp³-hybridized carbons (Fsp3) is 0.200. The van der Waals surface area contributed by atoms with Gasteiger partial charge in [0.25, 0.3) is 5.91 Å². The average Bonchev–Trinajstić information content (AvgIpc) is 3.07. The maximum absolute atomic E-state index is 14.2. The number of anilines is 1. The van der Waals surface area contributed by atoms with Gasteiger partial charge in [-0.2, -0.15) is 10.1 Å². The molecular weight excluding hydrogens is 406 g/mol. The highest BCUT2D eigenvalue weighted by Crippen LogP contribution is 2.58. The van der Waals surface area contributed by atoms with Crippen LogP contribution in [0.1, 0.15) is 30.1 Å². The number of nitrogens with zero attached hydrogens (tertiary/aromatic N) is 3. The minimum Gasteiger partial charge on any atom is -0.484 e. The number of fused-ring (bicyclic) bond motifs is 1. The molecule has 0 saturated heterocycles. The van der Waals surface area contributed by atoms with Crippen molar-refractivity contribution in [1.82, 2.24) is 0 Å². The molecule has 0 aliphatic carbocycles. The molecule has 2 aliphatic heterocycles. The molecule has 7 heteroatoms. The van der Waals surface area contributed by atoms with Crippen LogP contribution in [0.25, 0.3) is 0 Å². The molecule has 0 N–H and O–H groups in total. The van der Waals surface area contributed by atoms with Gasteiger partial charge in [-0.25, -0.2) is 0 Å². The average molecular weight is 427 g/mol. The van der Waals surface area contributed by atoms with Crippen LogP contribution in [0.5, 0.6) is 5.75 Å². The van der Waals surface area contributed by atoms with E-state index in [1.807, 2.05) is 60.7 Å². The Labute approximate surface area is 185 Å². The van der Waals surface area contributed by atoms with Gasteiger partial charge in [-0.15, -0.1) is 0 Å². The molecule has 7 nitrogen and oxygen atoms in total. The molecule has 3 aromatic rings. The summed E-state index contributed by atoms with van der Waals surface area (Å²) in [7, 11) is 0. The van der Waals surface area contributed by atoms with Crippen LogP contribution < -0.4 is 9.75 Å². The van der Waals surface area contributed by atoms with Gasteiger partial charge in [-0.05, 0) is 30.7 Å². The molecule has 2 heterocycles. The smallest absolute Gasteiger partial charge is 0.264 e. The minimum absolute atomic E-state index is 0.323. The summed E-state index contributed by atoms with van der Waals surface area (Å²) in [6.45, 7) is 1.35. The molecule has 0 unspecified atom stereocenters. The molecule has 0 fully saturated rings. The molecule has 0 bridgehead atoms. The van der Waals surface area contributed by atoms with Gasteiger partial charge in [-0.1, -0.05) is 66.7 Å². The molecule has 5 rings (SSSR count). The number of para-hydroxylation sites is 2. The number of ether oxygens (including phenoxy) is 1. The Morgan fingerprint density at radius 3 is 2.31 bits per heavy atom. The van der Waals surface area contributed by atoms with Crippen LogP contribution in [-0.2, 0) is 4.79 Å². The van der Waals surface area contributed by atoms with Gasteiger partial charge in [0.1, 0.15) is 17.3 Å². The van der Waals surface area contributed by atoms with Gasteiger partial charge in [-0.3, -0.25) is 14.9 Å². The van der Waals surface area contributed by atoms with Gasteiger partial charge >= 0.3 is 0 Å². The molecule has 1 amide bonds. The van der Waals surface area contributed by atoms with E-state index in [0.29, 0.717) is 22.7 Å². The molecule has 3 atom stereocenters. The predicted octanol–water partition coefficient (Wildman–Crippen LogP) is 4.59. The van der Waals surface area contributed by atoms with Crippen molar-refractivity contribution in [1.29, 1.82) is 0 Å². The van der Waals surface area contributed by atoms with Gasteiger partial charge in [0.2, 0.25) is 6.54 Å². The molecule has 0 radical (unpaired) electrons. The van der Waals surface area contributed by atoms with Crippen LogP contribution >= 0.6 is 0 Å². The van der Waals surface area contributed by atoms with Gasteiger partial charge in [0.05, 0.1) is 17.3 Å². The summed E-state index contributed by atoms with van der Waals surface area (Å²) in [5.74, 6) is -0.508. The number of hydrazone groups is 1. The number of hydrogen-bond acceptors (Lipinski definition) is 5. The van der Waals surface area contributed by atoms with Crippen molar-refractivity contribution in [2.24, 2.45) is 10.5 Å². The predicted molar refractivity (Wildman–Crippen MR) is 120 cm³/mol. The van der Waals surface area contributed by atoms with Crippen LogP contribution in [0.15, 0.2) is 90.0 Å². The Kier molecular flexibility index (Phi) is 4.74. The summed E-state index contributed by atoms with van der Waals surface area (Å²) in [4.78, 5) is 25.7. The van der Waals surface area contributed by atoms with E-state index in [9.17, 15) is 14.9 Å².